The van der Waals surface area contributed by atoms with E-state index in [4.69, 9.17) is 10.5 Å². The van der Waals surface area contributed by atoms with Crippen LogP contribution in [-0.4, -0.2) is 70.9 Å². The fourth-order valence-electron chi connectivity index (χ4n) is 4.41. The fourth-order valence-corrected chi connectivity index (χ4v) is 4.41. The predicted molar refractivity (Wildman–Crippen MR) is 122 cm³/mol. The highest BCUT2D eigenvalue weighted by Gasteiger charge is 2.35. The Morgan fingerprint density at radius 1 is 1.24 bits per heavy atom. The molecule has 2 atom stereocenters. The standard InChI is InChI=1S/C23H28FN7O3/c24-17-3-5-18(6-4-17)27-22-19(21(26)32)15-31(28-22)20-7-10-30(14-16(20)13-25)23(33)34-12-11-29-8-1-2-9-29/h3-6,15-16,20H,1-2,7-12,14H2,(H2,26,32)(H,27,28). The van der Waals surface area contributed by atoms with Crippen molar-refractivity contribution in [1.29, 1.82) is 5.26 Å². The molecular weight excluding hydrogens is 441 g/mol. The Morgan fingerprint density at radius 3 is 2.65 bits per heavy atom. The number of benzene rings is 1. The van der Waals surface area contributed by atoms with Crippen molar-refractivity contribution in [2.45, 2.75) is 25.3 Å². The molecule has 2 aromatic rings. The van der Waals surface area contributed by atoms with Crippen LogP contribution in [0.25, 0.3) is 0 Å². The number of carbonyl (C=O) groups excluding carboxylic acids is 2. The lowest BCUT2D eigenvalue weighted by molar-refractivity contribution is 0.0719. The summed E-state index contributed by atoms with van der Waals surface area (Å²) in [5.41, 5.74) is 6.22. The minimum atomic E-state index is -0.677. The lowest BCUT2D eigenvalue weighted by Gasteiger charge is -2.34. The van der Waals surface area contributed by atoms with Crippen molar-refractivity contribution in [3.63, 3.8) is 0 Å². The molecule has 3 heterocycles. The number of rotatable bonds is 7. The number of nitrogens with two attached hydrogens (primary N) is 1. The SMILES string of the molecule is N#CC1CN(C(=O)OCCN2CCCC2)CCC1n1cc(C(N)=O)c(Nc2ccc(F)cc2)n1. The maximum absolute atomic E-state index is 13.2. The number of piperidine rings is 1. The van der Waals surface area contributed by atoms with Gasteiger partial charge < -0.3 is 20.7 Å². The second-order valence-corrected chi connectivity index (χ2v) is 8.57. The van der Waals surface area contributed by atoms with Crippen LogP contribution in [0.5, 0.6) is 0 Å². The number of ether oxygens (including phenoxy) is 1. The van der Waals surface area contributed by atoms with Crippen LogP contribution in [0.15, 0.2) is 30.5 Å². The molecule has 2 unspecified atom stereocenters. The molecule has 2 fully saturated rings. The minimum absolute atomic E-state index is 0.157. The summed E-state index contributed by atoms with van der Waals surface area (Å²) in [4.78, 5) is 28.3. The van der Waals surface area contributed by atoms with Crippen molar-refractivity contribution in [3.05, 3.63) is 41.8 Å². The Balaban J connectivity index is 1.40. The van der Waals surface area contributed by atoms with Crippen LogP contribution in [-0.2, 0) is 4.74 Å². The summed E-state index contributed by atoms with van der Waals surface area (Å²) in [6.45, 7) is 3.73. The van der Waals surface area contributed by atoms with Gasteiger partial charge in [0.1, 0.15) is 18.0 Å². The van der Waals surface area contributed by atoms with Crippen molar-refractivity contribution in [3.8, 4) is 6.07 Å². The molecule has 4 rings (SSSR count). The highest BCUT2D eigenvalue weighted by atomic mass is 19.1. The summed E-state index contributed by atoms with van der Waals surface area (Å²) in [5, 5.41) is 17.2. The third-order valence-electron chi connectivity index (χ3n) is 6.28. The first-order valence-electron chi connectivity index (χ1n) is 11.4. The van der Waals surface area contributed by atoms with E-state index in [1.807, 2.05) is 0 Å². The van der Waals surface area contributed by atoms with Crippen LogP contribution in [0.2, 0.25) is 0 Å². The van der Waals surface area contributed by atoms with E-state index in [0.29, 0.717) is 25.3 Å². The van der Waals surface area contributed by atoms with Gasteiger partial charge >= 0.3 is 6.09 Å². The van der Waals surface area contributed by atoms with Gasteiger partial charge in [-0.15, -0.1) is 0 Å². The van der Waals surface area contributed by atoms with Crippen LogP contribution >= 0.6 is 0 Å². The minimum Gasteiger partial charge on any atom is -0.448 e. The Hall–Kier alpha value is -3.65. The van der Waals surface area contributed by atoms with Crippen molar-refractivity contribution in [1.82, 2.24) is 19.6 Å². The second kappa shape index (κ2) is 10.5. The number of aromatic nitrogens is 2. The molecule has 11 heteroatoms. The Labute approximate surface area is 197 Å². The van der Waals surface area contributed by atoms with Gasteiger partial charge in [-0.1, -0.05) is 0 Å². The molecule has 10 nitrogen and oxygen atoms in total. The number of nitrogens with one attached hydrogen (secondary N) is 1. The van der Waals surface area contributed by atoms with Gasteiger partial charge in [-0.25, -0.2) is 9.18 Å². The summed E-state index contributed by atoms with van der Waals surface area (Å²) in [6, 6.07) is 7.52. The maximum Gasteiger partial charge on any atom is 0.409 e. The average molecular weight is 470 g/mol. The molecule has 0 spiro atoms. The number of nitrogens with zero attached hydrogens (tertiary/aromatic N) is 5. The zero-order valence-corrected chi connectivity index (χ0v) is 18.8. The van der Waals surface area contributed by atoms with Crippen molar-refractivity contribution >= 4 is 23.5 Å². The van der Waals surface area contributed by atoms with Crippen molar-refractivity contribution in [2.24, 2.45) is 11.7 Å². The lowest BCUT2D eigenvalue weighted by Crippen LogP contribution is -2.44. The largest absolute Gasteiger partial charge is 0.448 e. The van der Waals surface area contributed by atoms with Gasteiger partial charge in [-0.2, -0.15) is 10.4 Å². The summed E-state index contributed by atoms with van der Waals surface area (Å²) < 4.78 is 20.2. The topological polar surface area (TPSA) is 130 Å². The zero-order valence-electron chi connectivity index (χ0n) is 18.8. The number of carbonyl (C=O) groups is 2. The van der Waals surface area contributed by atoms with Gasteiger partial charge in [-0.3, -0.25) is 14.4 Å². The molecule has 2 amide bonds. The zero-order chi connectivity index (χ0) is 24.1. The fraction of sp³-hybridized carbons (Fsp3) is 0.478. The van der Waals surface area contributed by atoms with Crippen LogP contribution in [0, 0.1) is 23.1 Å². The molecule has 2 saturated heterocycles. The van der Waals surface area contributed by atoms with Gasteiger partial charge in [0.25, 0.3) is 5.91 Å². The summed E-state index contributed by atoms with van der Waals surface area (Å²) in [7, 11) is 0. The molecule has 180 valence electrons. The molecular formula is C23H28FN7O3. The Bertz CT molecular complexity index is 1060. The van der Waals surface area contributed by atoms with Gasteiger partial charge in [0.05, 0.1) is 18.0 Å². The van der Waals surface area contributed by atoms with Gasteiger partial charge in [0.2, 0.25) is 0 Å². The van der Waals surface area contributed by atoms with Crippen molar-refractivity contribution in [2.75, 3.05) is 44.6 Å². The van der Waals surface area contributed by atoms with Crippen LogP contribution < -0.4 is 11.1 Å². The number of likely N-dealkylation sites (tertiary alicyclic amines) is 2. The molecule has 1 aromatic heterocycles. The summed E-state index contributed by atoms with van der Waals surface area (Å²) in [5.74, 6) is -1.38. The number of primary amides is 1. The molecule has 2 aliphatic rings. The first-order chi connectivity index (χ1) is 16.4. The number of nitriles is 1. The van der Waals surface area contributed by atoms with Gasteiger partial charge in [0.15, 0.2) is 5.82 Å². The smallest absolute Gasteiger partial charge is 0.409 e. The third kappa shape index (κ3) is 5.46. The van der Waals surface area contributed by atoms with Crippen LogP contribution in [0.1, 0.15) is 35.7 Å². The molecule has 0 bridgehead atoms. The summed E-state index contributed by atoms with van der Waals surface area (Å²) >= 11 is 0. The van der Waals surface area contributed by atoms with Crippen LogP contribution in [0.3, 0.4) is 0 Å². The van der Waals surface area contributed by atoms with E-state index in [-0.39, 0.29) is 29.8 Å². The van der Waals surface area contributed by atoms with E-state index < -0.39 is 17.9 Å². The van der Waals surface area contributed by atoms with Crippen LogP contribution in [0.4, 0.5) is 20.7 Å². The number of anilines is 2. The molecule has 3 N–H and O–H groups in total. The maximum atomic E-state index is 13.2. The molecule has 0 aliphatic carbocycles. The predicted octanol–water partition coefficient (Wildman–Crippen LogP) is 2.48. The van der Waals surface area contributed by atoms with E-state index in [1.165, 1.54) is 43.3 Å². The van der Waals surface area contributed by atoms with Crippen molar-refractivity contribution < 1.29 is 18.7 Å². The van der Waals surface area contributed by atoms with E-state index in [2.05, 4.69) is 21.4 Å². The van der Waals surface area contributed by atoms with Gasteiger partial charge in [0, 0.05) is 31.5 Å². The lowest BCUT2D eigenvalue weighted by atomic mass is 9.94. The molecule has 34 heavy (non-hydrogen) atoms. The molecule has 2 aliphatic heterocycles. The Morgan fingerprint density at radius 2 is 1.97 bits per heavy atom. The monoisotopic (exact) mass is 469 g/mol. The highest BCUT2D eigenvalue weighted by Crippen LogP contribution is 2.30. The quantitative estimate of drug-likeness (QED) is 0.637. The molecule has 0 radical (unpaired) electrons. The Kier molecular flexibility index (Phi) is 7.27. The molecule has 0 saturated carbocycles. The van der Waals surface area contributed by atoms with Gasteiger partial charge in [-0.05, 0) is 56.6 Å². The van der Waals surface area contributed by atoms with E-state index >= 15 is 0 Å². The van der Waals surface area contributed by atoms with E-state index in [1.54, 1.807) is 9.58 Å². The van der Waals surface area contributed by atoms with E-state index in [0.717, 1.165) is 19.6 Å². The number of hydrogen-bond donors (Lipinski definition) is 2. The highest BCUT2D eigenvalue weighted by molar-refractivity contribution is 5.98. The third-order valence-corrected chi connectivity index (χ3v) is 6.28. The first-order valence-corrected chi connectivity index (χ1v) is 11.4. The molecule has 1 aromatic carbocycles. The normalized spacial score (nSPS) is 20.6. The summed E-state index contributed by atoms with van der Waals surface area (Å²) in [6.07, 6.45) is 3.91. The number of amides is 2. The second-order valence-electron chi connectivity index (χ2n) is 8.57. The average Bonchev–Trinajstić information content (AvgIpc) is 3.50. The number of hydrogen-bond acceptors (Lipinski definition) is 7. The number of halogens is 1. The van der Waals surface area contributed by atoms with E-state index in [9.17, 15) is 19.2 Å². The first kappa shape index (κ1) is 23.5.